The summed E-state index contributed by atoms with van der Waals surface area (Å²) in [5.74, 6) is -0.598. The number of benzene rings is 2. The zero-order chi connectivity index (χ0) is 28.3. The van der Waals surface area contributed by atoms with Crippen LogP contribution in [0.3, 0.4) is 0 Å². The van der Waals surface area contributed by atoms with E-state index in [2.05, 4.69) is 0 Å². The number of nitrogens with zero attached hydrogens (tertiary/aromatic N) is 3. The Bertz CT molecular complexity index is 1370. The van der Waals surface area contributed by atoms with Gasteiger partial charge in [-0.15, -0.1) is 0 Å². The Morgan fingerprint density at radius 3 is 2.21 bits per heavy atom. The third-order valence-corrected chi connectivity index (χ3v) is 6.93. The van der Waals surface area contributed by atoms with E-state index in [-0.39, 0.29) is 41.6 Å². The highest BCUT2D eigenvalue weighted by atomic mass is 19.4. The predicted molar refractivity (Wildman–Crippen MR) is 138 cm³/mol. The fraction of sp³-hybridized carbons (Fsp3) is 0.321. The average molecular weight is 543 g/mol. The molecule has 8 nitrogen and oxygen atoms in total. The van der Waals surface area contributed by atoms with Crippen LogP contribution in [0.4, 0.5) is 13.2 Å². The number of carbonyl (C=O) groups is 3. The minimum Gasteiger partial charge on any atom is -0.497 e. The van der Waals surface area contributed by atoms with Gasteiger partial charge in [-0.2, -0.15) is 13.2 Å². The van der Waals surface area contributed by atoms with Gasteiger partial charge in [0.25, 0.3) is 11.8 Å². The van der Waals surface area contributed by atoms with Crippen LogP contribution in [0.5, 0.6) is 5.75 Å². The summed E-state index contributed by atoms with van der Waals surface area (Å²) in [6.45, 7) is 2.97. The molecule has 2 heterocycles. The molecule has 1 aliphatic heterocycles. The number of ether oxygens (including phenoxy) is 1. The Kier molecular flexibility index (Phi) is 8.10. The number of ketones is 1. The molecule has 0 saturated carbocycles. The van der Waals surface area contributed by atoms with Gasteiger partial charge >= 0.3 is 6.18 Å². The van der Waals surface area contributed by atoms with Crippen LogP contribution in [0.25, 0.3) is 0 Å². The summed E-state index contributed by atoms with van der Waals surface area (Å²) in [6, 6.07) is 13.3. The van der Waals surface area contributed by atoms with Crippen molar-refractivity contribution in [2.45, 2.75) is 19.6 Å². The lowest BCUT2D eigenvalue weighted by Gasteiger charge is -2.34. The van der Waals surface area contributed by atoms with Crippen molar-refractivity contribution in [3.8, 4) is 5.75 Å². The number of hydrogen-bond donors (Lipinski definition) is 1. The van der Waals surface area contributed by atoms with E-state index in [0.29, 0.717) is 43.2 Å². The summed E-state index contributed by atoms with van der Waals surface area (Å²) in [6.07, 6.45) is -4.57. The molecule has 0 atom stereocenters. The van der Waals surface area contributed by atoms with Crippen LogP contribution in [0.15, 0.2) is 54.6 Å². The number of primary amides is 1. The molecule has 1 fully saturated rings. The van der Waals surface area contributed by atoms with Gasteiger partial charge in [0.05, 0.1) is 30.5 Å². The number of piperazine rings is 1. The average Bonchev–Trinajstić information content (AvgIpc) is 3.24. The molecule has 2 amide bonds. The van der Waals surface area contributed by atoms with Crippen LogP contribution < -0.4 is 10.5 Å². The largest absolute Gasteiger partial charge is 0.497 e. The lowest BCUT2D eigenvalue weighted by atomic mass is 10.1. The van der Waals surface area contributed by atoms with E-state index in [1.54, 1.807) is 43.2 Å². The number of methoxy groups -OCH3 is 1. The lowest BCUT2D eigenvalue weighted by Crippen LogP contribution is -2.50. The Balaban J connectivity index is 1.48. The number of carbonyl (C=O) groups excluding carboxylic acids is 3. The topological polar surface area (TPSA) is 97.9 Å². The highest BCUT2D eigenvalue weighted by Crippen LogP contribution is 2.33. The molecule has 0 unspecified atom stereocenters. The zero-order valence-corrected chi connectivity index (χ0v) is 21.6. The maximum absolute atomic E-state index is 13.6. The van der Waals surface area contributed by atoms with E-state index < -0.39 is 17.6 Å². The van der Waals surface area contributed by atoms with E-state index in [4.69, 9.17) is 10.5 Å². The van der Waals surface area contributed by atoms with Crippen molar-refractivity contribution in [1.82, 2.24) is 14.4 Å². The van der Waals surface area contributed by atoms with Crippen molar-refractivity contribution in [3.63, 3.8) is 0 Å². The standard InChI is InChI=1S/C28H29F3N4O4/c1-18-22(26(32)37)15-24(35(18)16-20-5-3-4-6-23(20)28(29,30)31)25(36)17-33-11-13-34(14-12-33)27(38)19-7-9-21(39-2)10-8-19/h3-10,15H,11-14,16-17H2,1-2H3,(H2,32,37). The smallest absolute Gasteiger partial charge is 0.416 e. The first-order valence-electron chi connectivity index (χ1n) is 12.3. The van der Waals surface area contributed by atoms with Crippen molar-refractivity contribution >= 4 is 17.6 Å². The van der Waals surface area contributed by atoms with Crippen molar-refractivity contribution in [2.75, 3.05) is 39.8 Å². The molecule has 1 aliphatic rings. The van der Waals surface area contributed by atoms with E-state index in [0.717, 1.165) is 6.07 Å². The van der Waals surface area contributed by atoms with Crippen LogP contribution in [-0.2, 0) is 12.7 Å². The molecule has 0 aliphatic carbocycles. The molecule has 4 rings (SSSR count). The summed E-state index contributed by atoms with van der Waals surface area (Å²) in [5.41, 5.74) is 5.68. The molecular formula is C28H29F3N4O4. The first-order chi connectivity index (χ1) is 18.5. The Hall–Kier alpha value is -4.12. The molecule has 2 aromatic carbocycles. The van der Waals surface area contributed by atoms with Crippen LogP contribution in [-0.4, -0.2) is 71.8 Å². The Morgan fingerprint density at radius 1 is 0.974 bits per heavy atom. The third-order valence-electron chi connectivity index (χ3n) is 6.93. The summed E-state index contributed by atoms with van der Waals surface area (Å²) >= 11 is 0. The monoisotopic (exact) mass is 542 g/mol. The summed E-state index contributed by atoms with van der Waals surface area (Å²) in [5, 5.41) is 0. The minimum absolute atomic E-state index is 0.0207. The second-order valence-corrected chi connectivity index (χ2v) is 9.35. The number of amides is 2. The van der Waals surface area contributed by atoms with Gasteiger partial charge in [-0.05, 0) is 48.9 Å². The van der Waals surface area contributed by atoms with Crippen molar-refractivity contribution in [1.29, 1.82) is 0 Å². The molecule has 0 spiro atoms. The molecule has 11 heteroatoms. The van der Waals surface area contributed by atoms with Crippen LogP contribution in [0.1, 0.15) is 48.0 Å². The van der Waals surface area contributed by atoms with Crippen molar-refractivity contribution < 1.29 is 32.3 Å². The Labute approximate surface area is 223 Å². The molecule has 1 aromatic heterocycles. The van der Waals surface area contributed by atoms with E-state index in [9.17, 15) is 27.6 Å². The van der Waals surface area contributed by atoms with Gasteiger partial charge in [0.1, 0.15) is 5.75 Å². The molecule has 206 valence electrons. The van der Waals surface area contributed by atoms with Crippen molar-refractivity contribution in [3.05, 3.63) is 88.2 Å². The van der Waals surface area contributed by atoms with E-state index in [1.165, 1.54) is 28.8 Å². The maximum Gasteiger partial charge on any atom is 0.416 e. The van der Waals surface area contributed by atoms with E-state index >= 15 is 0 Å². The molecule has 39 heavy (non-hydrogen) atoms. The van der Waals surface area contributed by atoms with E-state index in [1.807, 2.05) is 4.90 Å². The normalized spacial score (nSPS) is 14.3. The number of rotatable bonds is 8. The van der Waals surface area contributed by atoms with Gasteiger partial charge in [-0.3, -0.25) is 19.3 Å². The number of nitrogens with two attached hydrogens (primary N) is 1. The number of alkyl halides is 3. The highest BCUT2D eigenvalue weighted by molar-refractivity contribution is 6.01. The quantitative estimate of drug-likeness (QED) is 0.439. The maximum atomic E-state index is 13.6. The number of Topliss-reactive ketones (excluding diaryl/α,β-unsaturated/α-hetero) is 1. The SMILES string of the molecule is COc1ccc(C(=O)N2CCN(CC(=O)c3cc(C(N)=O)c(C)n3Cc3ccccc3C(F)(F)F)CC2)cc1. The number of aromatic nitrogens is 1. The first kappa shape index (κ1) is 27.9. The van der Waals surface area contributed by atoms with Gasteiger partial charge in [0, 0.05) is 44.0 Å². The van der Waals surface area contributed by atoms with Crippen molar-refractivity contribution in [2.24, 2.45) is 5.73 Å². The Morgan fingerprint density at radius 2 is 1.62 bits per heavy atom. The van der Waals surface area contributed by atoms with Gasteiger partial charge in [-0.1, -0.05) is 18.2 Å². The molecule has 0 bridgehead atoms. The fourth-order valence-corrected chi connectivity index (χ4v) is 4.74. The molecule has 1 saturated heterocycles. The van der Waals surface area contributed by atoms with Crippen LogP contribution >= 0.6 is 0 Å². The zero-order valence-electron chi connectivity index (χ0n) is 21.6. The highest BCUT2D eigenvalue weighted by Gasteiger charge is 2.34. The first-order valence-corrected chi connectivity index (χ1v) is 12.3. The summed E-state index contributed by atoms with van der Waals surface area (Å²) in [4.78, 5) is 41.8. The second kappa shape index (κ2) is 11.3. The number of hydrogen-bond acceptors (Lipinski definition) is 5. The summed E-state index contributed by atoms with van der Waals surface area (Å²) < 4.78 is 47.3. The molecule has 3 aromatic rings. The molecule has 0 radical (unpaired) electrons. The number of halogens is 3. The second-order valence-electron chi connectivity index (χ2n) is 9.35. The molecular weight excluding hydrogens is 513 g/mol. The fourth-order valence-electron chi connectivity index (χ4n) is 4.74. The summed E-state index contributed by atoms with van der Waals surface area (Å²) in [7, 11) is 1.55. The molecule has 2 N–H and O–H groups in total. The van der Waals surface area contributed by atoms with Crippen LogP contribution in [0.2, 0.25) is 0 Å². The minimum atomic E-state index is -4.57. The van der Waals surface area contributed by atoms with Gasteiger partial charge < -0.3 is 19.9 Å². The predicted octanol–water partition coefficient (Wildman–Crippen LogP) is 3.61. The third kappa shape index (κ3) is 6.14. The van der Waals surface area contributed by atoms with Gasteiger partial charge in [0.15, 0.2) is 5.78 Å². The van der Waals surface area contributed by atoms with Gasteiger partial charge in [-0.25, -0.2) is 0 Å². The van der Waals surface area contributed by atoms with Crippen LogP contribution in [0, 0.1) is 6.92 Å². The lowest BCUT2D eigenvalue weighted by molar-refractivity contribution is -0.138. The van der Waals surface area contributed by atoms with Gasteiger partial charge in [0.2, 0.25) is 0 Å².